The summed E-state index contributed by atoms with van der Waals surface area (Å²) in [6.45, 7) is 6.92. The first kappa shape index (κ1) is 22.6. The molecule has 0 saturated heterocycles. The third-order valence-corrected chi connectivity index (χ3v) is 4.03. The largest absolute Gasteiger partial charge is 0.673 e. The Morgan fingerprint density at radius 2 is 1.48 bits per heavy atom. The van der Waals surface area contributed by atoms with Crippen molar-refractivity contribution in [2.24, 2.45) is 0 Å². The Bertz CT molecular complexity index is 774. The first-order chi connectivity index (χ1) is 12.7. The minimum Gasteiger partial charge on any atom is -0.492 e. The average Bonchev–Trinajstić information content (AvgIpc) is 2.58. The van der Waals surface area contributed by atoms with Crippen molar-refractivity contribution >= 4 is 24.7 Å². The van der Waals surface area contributed by atoms with Gasteiger partial charge in [0, 0.05) is 11.0 Å². The van der Waals surface area contributed by atoms with Crippen LogP contribution in [-0.2, 0) is 0 Å². The SMILES string of the molecule is CCOc1cc(Sc2ccc(C)cc2)c(OCC)cc1[N+]#N.F[B-](F)(F)F. The van der Waals surface area contributed by atoms with E-state index >= 15 is 0 Å². The molecular weight excluding hydrogens is 383 g/mol. The van der Waals surface area contributed by atoms with Gasteiger partial charge in [-0.25, -0.2) is 0 Å². The number of rotatable bonds is 6. The molecule has 0 aliphatic heterocycles. The summed E-state index contributed by atoms with van der Waals surface area (Å²) in [7, 11) is -6.00. The van der Waals surface area contributed by atoms with Crippen LogP contribution in [0, 0.1) is 12.3 Å². The Labute approximate surface area is 159 Å². The molecule has 0 bridgehead atoms. The fourth-order valence-corrected chi connectivity index (χ4v) is 2.87. The molecular formula is C17H19BF4N2O2S. The third kappa shape index (κ3) is 8.68. The number of halogens is 4. The molecule has 0 atom stereocenters. The quantitative estimate of drug-likeness (QED) is 0.305. The standard InChI is InChI=1S/C17H19N2O2S.BF4/c1-4-20-15-11-17(16(21-5-2)10-14(15)19-18)22-13-8-6-12(3)7-9-13;2-1(3,4)5/h6-11H,4-5H2,1-3H3;/q+1;-1. The monoisotopic (exact) mass is 402 g/mol. The zero-order valence-corrected chi connectivity index (χ0v) is 15.9. The second kappa shape index (κ2) is 10.7. The lowest BCUT2D eigenvalue weighted by Gasteiger charge is -2.11. The predicted octanol–water partition coefficient (Wildman–Crippen LogP) is 6.73. The van der Waals surface area contributed by atoms with Crippen LogP contribution < -0.4 is 9.47 Å². The lowest BCUT2D eigenvalue weighted by molar-refractivity contribution is 0.325. The number of ether oxygens (including phenoxy) is 2. The first-order valence-corrected chi connectivity index (χ1v) is 8.90. The van der Waals surface area contributed by atoms with E-state index in [1.165, 1.54) is 5.56 Å². The number of hydrogen-bond acceptors (Lipinski definition) is 4. The van der Waals surface area contributed by atoms with Gasteiger partial charge in [0.05, 0.1) is 24.2 Å². The summed E-state index contributed by atoms with van der Waals surface area (Å²) in [6.07, 6.45) is 0. The van der Waals surface area contributed by atoms with Gasteiger partial charge >= 0.3 is 12.9 Å². The highest BCUT2D eigenvalue weighted by Crippen LogP contribution is 2.42. The fourth-order valence-electron chi connectivity index (χ4n) is 1.96. The molecule has 27 heavy (non-hydrogen) atoms. The van der Waals surface area contributed by atoms with E-state index in [2.05, 4.69) is 36.2 Å². The van der Waals surface area contributed by atoms with Gasteiger partial charge in [-0.3, -0.25) is 0 Å². The Kier molecular flexibility index (Phi) is 8.95. The molecule has 0 spiro atoms. The van der Waals surface area contributed by atoms with Gasteiger partial charge in [-0.1, -0.05) is 29.5 Å². The van der Waals surface area contributed by atoms with Crippen LogP contribution in [0.3, 0.4) is 0 Å². The summed E-state index contributed by atoms with van der Waals surface area (Å²) >= 11 is 1.59. The topological polar surface area (TPSA) is 46.6 Å². The average molecular weight is 402 g/mol. The number of nitrogens with zero attached hydrogens (tertiary/aromatic N) is 2. The number of aryl methyl sites for hydroxylation is 1. The van der Waals surface area contributed by atoms with Crippen LogP contribution in [0.2, 0.25) is 0 Å². The molecule has 0 aliphatic rings. The molecule has 2 aromatic rings. The molecule has 0 heterocycles. The van der Waals surface area contributed by atoms with Gasteiger partial charge < -0.3 is 26.7 Å². The summed E-state index contributed by atoms with van der Waals surface area (Å²) in [6, 6.07) is 11.8. The zero-order valence-electron chi connectivity index (χ0n) is 15.1. The Morgan fingerprint density at radius 3 is 1.96 bits per heavy atom. The Balaban J connectivity index is 0.000000646. The van der Waals surface area contributed by atoms with Gasteiger partial charge in [0.1, 0.15) is 5.75 Å². The van der Waals surface area contributed by atoms with Crippen LogP contribution in [0.4, 0.5) is 23.0 Å². The van der Waals surface area contributed by atoms with E-state index in [4.69, 9.17) is 14.9 Å². The van der Waals surface area contributed by atoms with Gasteiger partial charge in [-0.15, -0.1) is 0 Å². The lowest BCUT2D eigenvalue weighted by Crippen LogP contribution is -2.02. The molecule has 2 rings (SSSR count). The van der Waals surface area contributed by atoms with Gasteiger partial charge in [-0.2, -0.15) is 0 Å². The molecule has 146 valence electrons. The molecule has 0 saturated carbocycles. The summed E-state index contributed by atoms with van der Waals surface area (Å²) in [5.41, 5.74) is 1.59. The Hall–Kier alpha value is -2.41. The van der Waals surface area contributed by atoms with E-state index in [1.54, 1.807) is 17.8 Å². The van der Waals surface area contributed by atoms with Crippen molar-refractivity contribution in [3.8, 4) is 11.5 Å². The molecule has 0 amide bonds. The van der Waals surface area contributed by atoms with Crippen LogP contribution >= 0.6 is 11.8 Å². The summed E-state index contributed by atoms with van der Waals surface area (Å²) in [5, 5.41) is 9.13. The molecule has 4 nitrogen and oxygen atoms in total. The molecule has 0 aliphatic carbocycles. The molecule has 0 unspecified atom stereocenters. The third-order valence-electron chi connectivity index (χ3n) is 2.98. The highest BCUT2D eigenvalue weighted by atomic mass is 32.2. The molecule has 0 N–H and O–H groups in total. The van der Waals surface area contributed by atoms with Gasteiger partial charge in [0.25, 0.3) is 0 Å². The smallest absolute Gasteiger partial charge is 0.492 e. The fraction of sp³-hybridized carbons (Fsp3) is 0.294. The minimum atomic E-state index is -6.00. The number of benzene rings is 2. The maximum absolute atomic E-state index is 9.75. The van der Waals surface area contributed by atoms with Crippen LogP contribution in [0.5, 0.6) is 11.5 Å². The number of hydrogen-bond donors (Lipinski definition) is 0. The maximum Gasteiger partial charge on any atom is 0.673 e. The second-order valence-electron chi connectivity index (χ2n) is 5.14. The highest BCUT2D eigenvalue weighted by Gasteiger charge is 2.21. The minimum absolute atomic E-state index is 0.374. The molecule has 2 aromatic carbocycles. The van der Waals surface area contributed by atoms with Crippen molar-refractivity contribution in [1.82, 2.24) is 0 Å². The first-order valence-electron chi connectivity index (χ1n) is 8.08. The van der Waals surface area contributed by atoms with E-state index in [0.29, 0.717) is 30.4 Å². The zero-order chi connectivity index (χ0) is 20.4. The molecule has 0 aromatic heterocycles. The van der Waals surface area contributed by atoms with E-state index in [9.17, 15) is 17.3 Å². The summed E-state index contributed by atoms with van der Waals surface area (Å²) < 4.78 is 50.2. The van der Waals surface area contributed by atoms with Crippen molar-refractivity contribution in [3.63, 3.8) is 0 Å². The van der Waals surface area contributed by atoms with Crippen LogP contribution in [0.15, 0.2) is 46.2 Å². The second-order valence-corrected chi connectivity index (χ2v) is 6.26. The van der Waals surface area contributed by atoms with Crippen LogP contribution in [-0.4, -0.2) is 20.5 Å². The van der Waals surface area contributed by atoms with Gasteiger partial charge in [0.2, 0.25) is 11.1 Å². The van der Waals surface area contributed by atoms with E-state index in [1.807, 2.05) is 19.9 Å². The van der Waals surface area contributed by atoms with E-state index < -0.39 is 7.25 Å². The van der Waals surface area contributed by atoms with Crippen molar-refractivity contribution in [3.05, 3.63) is 46.9 Å². The molecule has 10 heteroatoms. The lowest BCUT2D eigenvalue weighted by atomic mass is 10.2. The van der Waals surface area contributed by atoms with Gasteiger partial charge in [-0.05, 0) is 32.9 Å². The van der Waals surface area contributed by atoms with Crippen molar-refractivity contribution in [1.29, 1.82) is 5.39 Å². The summed E-state index contributed by atoms with van der Waals surface area (Å²) in [5.74, 6) is 1.23. The van der Waals surface area contributed by atoms with Crippen molar-refractivity contribution in [2.45, 2.75) is 30.6 Å². The van der Waals surface area contributed by atoms with Crippen molar-refractivity contribution < 1.29 is 26.7 Å². The van der Waals surface area contributed by atoms with Crippen molar-refractivity contribution in [2.75, 3.05) is 13.2 Å². The van der Waals surface area contributed by atoms with Crippen LogP contribution in [0.25, 0.3) is 4.98 Å². The summed E-state index contributed by atoms with van der Waals surface area (Å²) in [4.78, 5) is 5.32. The van der Waals surface area contributed by atoms with E-state index in [0.717, 1.165) is 9.79 Å². The van der Waals surface area contributed by atoms with Gasteiger partial charge in [0.15, 0.2) is 4.98 Å². The predicted molar refractivity (Wildman–Crippen MR) is 99.0 cm³/mol. The Morgan fingerprint density at radius 1 is 0.963 bits per heavy atom. The normalized spacial score (nSPS) is 10.4. The highest BCUT2D eigenvalue weighted by molar-refractivity contribution is 7.99. The maximum atomic E-state index is 9.75. The van der Waals surface area contributed by atoms with Crippen LogP contribution in [0.1, 0.15) is 19.4 Å². The molecule has 0 radical (unpaired) electrons. The number of diazo groups is 1. The van der Waals surface area contributed by atoms with E-state index in [-0.39, 0.29) is 0 Å². The molecule has 0 fully saturated rings.